The Hall–Kier alpha value is -4.87. The molecular weight excluding hydrogens is 484 g/mol. The maximum Gasteiger partial charge on any atom is 0.238 e. The van der Waals surface area contributed by atoms with Crippen molar-refractivity contribution in [3.8, 4) is 28.7 Å². The summed E-state index contributed by atoms with van der Waals surface area (Å²) in [5.41, 5.74) is 1.27. The molecule has 8 rings (SSSR count). The normalized spacial score (nSPS) is 15.4. The molecule has 0 N–H and O–H groups in total. The highest BCUT2D eigenvalue weighted by Crippen LogP contribution is 2.40. The van der Waals surface area contributed by atoms with Crippen LogP contribution < -0.4 is 0 Å². The topological polar surface area (TPSA) is 43.6 Å². The Kier molecular flexibility index (Phi) is 2.98. The predicted octanol–water partition coefficient (Wildman–Crippen LogP) is 8.67. The zero-order chi connectivity index (χ0) is 33.8. The van der Waals surface area contributed by atoms with Crippen LogP contribution in [0.3, 0.4) is 0 Å². The van der Waals surface area contributed by atoms with Crippen LogP contribution in [0.15, 0.2) is 121 Å². The average molecular weight is 515 g/mol. The predicted molar refractivity (Wildman–Crippen MR) is 158 cm³/mol. The Morgan fingerprint density at radius 3 is 1.89 bits per heavy atom. The molecule has 0 fully saturated rings. The molecule has 0 saturated heterocycles. The van der Waals surface area contributed by atoms with Crippen LogP contribution in [0.2, 0.25) is 0 Å². The van der Waals surface area contributed by atoms with Gasteiger partial charge in [0.05, 0.1) is 24.7 Å². The summed E-state index contributed by atoms with van der Waals surface area (Å²) in [6.45, 7) is 0. The fourth-order valence-electron chi connectivity index (χ4n) is 4.59. The van der Waals surface area contributed by atoms with E-state index < -0.39 is 36.3 Å². The Morgan fingerprint density at radius 1 is 0.553 bits per heavy atom. The first-order valence-corrected chi connectivity index (χ1v) is 12.6. The largest absolute Gasteiger partial charge is 0.278 e. The first kappa shape index (κ1) is 13.6. The minimum absolute atomic E-state index is 0.00338. The van der Waals surface area contributed by atoms with Crippen molar-refractivity contribution in [1.29, 1.82) is 0 Å². The van der Waals surface area contributed by atoms with Gasteiger partial charge < -0.3 is 0 Å². The van der Waals surface area contributed by atoms with E-state index in [1.165, 1.54) is 4.57 Å². The minimum Gasteiger partial charge on any atom is -0.278 e. The molecule has 38 heavy (non-hydrogen) atoms. The molecule has 4 nitrogen and oxygen atoms in total. The second-order valence-electron chi connectivity index (χ2n) is 8.56. The van der Waals surface area contributed by atoms with Crippen LogP contribution in [0.1, 0.15) is 13.7 Å². The molecule has 0 saturated carbocycles. The number of thiophene rings is 1. The number of fused-ring (bicyclic) bond motifs is 6. The van der Waals surface area contributed by atoms with E-state index in [4.69, 9.17) is 25.9 Å². The summed E-state index contributed by atoms with van der Waals surface area (Å²) in [6.07, 6.45) is 0. The highest BCUT2D eigenvalue weighted by atomic mass is 32.1. The monoisotopic (exact) mass is 514 g/mol. The van der Waals surface area contributed by atoms with E-state index in [9.17, 15) is 2.74 Å². The highest BCUT2D eigenvalue weighted by molar-refractivity contribution is 7.25. The molecule has 0 bridgehead atoms. The molecule has 5 heteroatoms. The summed E-state index contributed by atoms with van der Waals surface area (Å²) in [4.78, 5) is 14.3. The first-order chi connectivity index (χ1) is 23.0. The molecule has 0 radical (unpaired) electrons. The van der Waals surface area contributed by atoms with Crippen LogP contribution in [-0.4, -0.2) is 19.5 Å². The molecule has 3 aromatic heterocycles. The zero-order valence-corrected chi connectivity index (χ0v) is 20.3. The van der Waals surface area contributed by atoms with Gasteiger partial charge in [-0.25, -0.2) is 4.98 Å². The number of aromatic nitrogens is 4. The van der Waals surface area contributed by atoms with Crippen molar-refractivity contribution in [3.63, 3.8) is 0 Å². The number of benzene rings is 5. The number of hydrogen-bond donors (Lipinski definition) is 0. The molecule has 5 aromatic carbocycles. The van der Waals surface area contributed by atoms with E-state index in [2.05, 4.69) is 0 Å². The third-order valence-corrected chi connectivity index (χ3v) is 7.33. The van der Waals surface area contributed by atoms with Gasteiger partial charge in [-0.2, -0.15) is 9.97 Å². The van der Waals surface area contributed by atoms with Gasteiger partial charge in [-0.3, -0.25) is 4.57 Å². The number of nitrogens with zero attached hydrogens (tertiary/aromatic N) is 4. The second kappa shape index (κ2) is 8.33. The molecule has 0 spiro atoms. The van der Waals surface area contributed by atoms with E-state index in [-0.39, 0.29) is 83.7 Å². The SMILES string of the molecule is [2H]c1c([2H])c([2H])c2c(sc3c([2H])c4c5c([2H])c([2H])c([2H])c([2H])c5n(-c5nc(-c6ccccc6)nc(-c6ccccc6)n5)c4c([2H])c32)c1[2H]. The van der Waals surface area contributed by atoms with Crippen molar-refractivity contribution in [3.05, 3.63) is 121 Å². The lowest BCUT2D eigenvalue weighted by Gasteiger charge is -2.11. The molecule has 0 amide bonds. The van der Waals surface area contributed by atoms with Gasteiger partial charge in [0, 0.05) is 42.1 Å². The second-order valence-corrected chi connectivity index (χ2v) is 9.58. The molecule has 0 aliphatic carbocycles. The average Bonchev–Trinajstić information content (AvgIpc) is 3.70. The van der Waals surface area contributed by atoms with Gasteiger partial charge in [-0.1, -0.05) is 96.9 Å². The quantitative estimate of drug-likeness (QED) is 0.237. The molecule has 0 aliphatic heterocycles. The van der Waals surface area contributed by atoms with E-state index in [0.717, 1.165) is 11.3 Å². The van der Waals surface area contributed by atoms with E-state index in [1.807, 2.05) is 60.7 Å². The smallest absolute Gasteiger partial charge is 0.238 e. The summed E-state index contributed by atoms with van der Waals surface area (Å²) < 4.78 is 89.5. The van der Waals surface area contributed by atoms with Crippen molar-refractivity contribution in [2.45, 2.75) is 0 Å². The van der Waals surface area contributed by atoms with Crippen molar-refractivity contribution in [2.75, 3.05) is 0 Å². The van der Waals surface area contributed by atoms with Crippen molar-refractivity contribution in [1.82, 2.24) is 19.5 Å². The summed E-state index contributed by atoms with van der Waals surface area (Å²) in [7, 11) is 0. The van der Waals surface area contributed by atoms with Crippen LogP contribution in [0, 0.1) is 0 Å². The highest BCUT2D eigenvalue weighted by Gasteiger charge is 2.19. The number of para-hydroxylation sites is 1. The van der Waals surface area contributed by atoms with Gasteiger partial charge in [0.1, 0.15) is 0 Å². The van der Waals surface area contributed by atoms with E-state index in [1.54, 1.807) is 0 Å². The van der Waals surface area contributed by atoms with Crippen molar-refractivity contribution < 1.29 is 13.7 Å². The van der Waals surface area contributed by atoms with Crippen LogP contribution in [-0.2, 0) is 0 Å². The Balaban J connectivity index is 1.63. The van der Waals surface area contributed by atoms with Gasteiger partial charge >= 0.3 is 0 Å². The molecule has 178 valence electrons. The third-order valence-electron chi connectivity index (χ3n) is 6.31. The summed E-state index contributed by atoms with van der Waals surface area (Å²) >= 11 is 0.951. The van der Waals surface area contributed by atoms with Crippen LogP contribution in [0.4, 0.5) is 0 Å². The van der Waals surface area contributed by atoms with Crippen molar-refractivity contribution >= 4 is 53.3 Å². The fourth-order valence-corrected chi connectivity index (χ4v) is 5.56. The summed E-state index contributed by atoms with van der Waals surface area (Å²) in [5.74, 6) is 0.481. The lowest BCUT2D eigenvalue weighted by Crippen LogP contribution is -2.06. The van der Waals surface area contributed by atoms with Gasteiger partial charge in [-0.05, 0) is 24.2 Å². The van der Waals surface area contributed by atoms with Crippen LogP contribution in [0.25, 0.3) is 70.7 Å². The Bertz CT molecular complexity index is 2620. The summed E-state index contributed by atoms with van der Waals surface area (Å²) in [6, 6.07) is 14.4. The number of hydrogen-bond acceptors (Lipinski definition) is 4. The molecule has 0 aliphatic rings. The fraction of sp³-hybridized carbons (Fsp3) is 0. The molecule has 0 atom stereocenters. The summed E-state index contributed by atoms with van der Waals surface area (Å²) in [5, 5.41) is 0.249. The van der Waals surface area contributed by atoms with Crippen molar-refractivity contribution in [2.24, 2.45) is 0 Å². The van der Waals surface area contributed by atoms with E-state index in [0.29, 0.717) is 11.1 Å². The minimum atomic E-state index is -0.517. The molecular formula is C33H20N4S. The van der Waals surface area contributed by atoms with E-state index >= 15 is 0 Å². The Morgan fingerprint density at radius 2 is 1.18 bits per heavy atom. The molecule has 8 aromatic rings. The number of rotatable bonds is 3. The molecule has 3 heterocycles. The lowest BCUT2D eigenvalue weighted by atomic mass is 10.1. The maximum atomic E-state index is 9.59. The Labute approximate surface area is 236 Å². The standard InChI is InChI=1S/C33H20N4S/c1-3-11-21(12-4-1)31-34-32(22-13-5-2-6-14-22)36-33(35-31)37-27-17-9-7-15-23(27)25-20-30-26(19-28(25)37)24-16-8-10-18-29(24)38-30/h1-20H/i7D,8D,9D,10D,15D,16D,17D,18D,19D,20D. The third kappa shape index (κ3) is 3.26. The van der Waals surface area contributed by atoms with Gasteiger partial charge in [-0.15, -0.1) is 11.3 Å². The molecule has 0 unspecified atom stereocenters. The first-order valence-electron chi connectivity index (χ1n) is 16.7. The van der Waals surface area contributed by atoms with Crippen LogP contribution >= 0.6 is 11.3 Å². The maximum absolute atomic E-state index is 9.59. The zero-order valence-electron chi connectivity index (χ0n) is 29.5. The van der Waals surface area contributed by atoms with Gasteiger partial charge in [0.25, 0.3) is 0 Å². The van der Waals surface area contributed by atoms with Gasteiger partial charge in [0.2, 0.25) is 5.95 Å². The van der Waals surface area contributed by atoms with Crippen LogP contribution in [0.5, 0.6) is 0 Å². The lowest BCUT2D eigenvalue weighted by molar-refractivity contribution is 0.954. The van der Waals surface area contributed by atoms with Gasteiger partial charge in [0.15, 0.2) is 11.6 Å².